The van der Waals surface area contributed by atoms with Gasteiger partial charge in [-0.2, -0.15) is 5.10 Å². The Morgan fingerprint density at radius 3 is 3.07 bits per heavy atom. The molecule has 0 aromatic carbocycles. The van der Waals surface area contributed by atoms with E-state index >= 15 is 0 Å². The first-order valence-corrected chi connectivity index (χ1v) is 5.56. The normalized spacial score (nSPS) is 17.7. The van der Waals surface area contributed by atoms with Gasteiger partial charge >= 0.3 is 0 Å². The van der Waals surface area contributed by atoms with Crippen molar-refractivity contribution >= 4 is 0 Å². The molecule has 1 heterocycles. The van der Waals surface area contributed by atoms with Crippen molar-refractivity contribution in [1.29, 1.82) is 0 Å². The summed E-state index contributed by atoms with van der Waals surface area (Å²) in [5.41, 5.74) is -0.0129. The van der Waals surface area contributed by atoms with Gasteiger partial charge in [0, 0.05) is 18.3 Å². The minimum atomic E-state index is -0.0129. The van der Waals surface area contributed by atoms with E-state index in [0.717, 1.165) is 12.5 Å². The third-order valence-corrected chi connectivity index (χ3v) is 2.81. The van der Waals surface area contributed by atoms with E-state index in [-0.39, 0.29) is 5.56 Å². The second kappa shape index (κ2) is 4.57. The van der Waals surface area contributed by atoms with Gasteiger partial charge in [-0.1, -0.05) is 6.92 Å². The first-order valence-electron chi connectivity index (χ1n) is 5.56. The largest absolute Gasteiger partial charge is 0.312 e. The van der Waals surface area contributed by atoms with Gasteiger partial charge in [0.05, 0.1) is 6.54 Å². The van der Waals surface area contributed by atoms with E-state index in [0.29, 0.717) is 12.6 Å². The van der Waals surface area contributed by atoms with Crippen LogP contribution in [0.4, 0.5) is 0 Å². The van der Waals surface area contributed by atoms with Crippen LogP contribution in [-0.2, 0) is 6.54 Å². The number of aromatic nitrogens is 2. The van der Waals surface area contributed by atoms with Crippen LogP contribution in [0.25, 0.3) is 0 Å². The van der Waals surface area contributed by atoms with Crippen molar-refractivity contribution in [2.24, 2.45) is 5.92 Å². The van der Waals surface area contributed by atoms with Crippen LogP contribution in [0.15, 0.2) is 23.1 Å². The van der Waals surface area contributed by atoms with Gasteiger partial charge < -0.3 is 5.32 Å². The maximum absolute atomic E-state index is 11.5. The SMILES string of the molecule is CCNC(Cn1ncccc1=O)C1CC1. The molecule has 0 saturated heterocycles. The highest BCUT2D eigenvalue weighted by atomic mass is 16.1. The fourth-order valence-corrected chi connectivity index (χ4v) is 1.85. The summed E-state index contributed by atoms with van der Waals surface area (Å²) in [6.45, 7) is 3.73. The minimum absolute atomic E-state index is 0.0129. The van der Waals surface area contributed by atoms with Crippen molar-refractivity contribution in [3.05, 3.63) is 28.7 Å². The summed E-state index contributed by atoms with van der Waals surface area (Å²) in [7, 11) is 0. The van der Waals surface area contributed by atoms with Crippen LogP contribution < -0.4 is 10.9 Å². The lowest BCUT2D eigenvalue weighted by atomic mass is 10.2. The summed E-state index contributed by atoms with van der Waals surface area (Å²) in [5.74, 6) is 0.735. The van der Waals surface area contributed by atoms with Gasteiger partial charge in [-0.05, 0) is 31.4 Å². The maximum Gasteiger partial charge on any atom is 0.266 e. The minimum Gasteiger partial charge on any atom is -0.312 e. The van der Waals surface area contributed by atoms with Gasteiger partial charge in [0.25, 0.3) is 5.56 Å². The van der Waals surface area contributed by atoms with Crippen LogP contribution in [0.1, 0.15) is 19.8 Å². The number of hydrogen-bond donors (Lipinski definition) is 1. The lowest BCUT2D eigenvalue weighted by Gasteiger charge is -2.17. The fourth-order valence-electron chi connectivity index (χ4n) is 1.85. The second-order valence-electron chi connectivity index (χ2n) is 4.05. The molecule has 0 spiro atoms. The maximum atomic E-state index is 11.5. The molecule has 1 N–H and O–H groups in total. The summed E-state index contributed by atoms with van der Waals surface area (Å²) >= 11 is 0. The van der Waals surface area contributed by atoms with Crippen molar-refractivity contribution in [3.8, 4) is 0 Å². The van der Waals surface area contributed by atoms with E-state index in [1.807, 2.05) is 0 Å². The Kier molecular flexibility index (Phi) is 3.16. The molecule has 0 aliphatic heterocycles. The predicted molar refractivity (Wildman–Crippen MR) is 58.7 cm³/mol. The molecule has 15 heavy (non-hydrogen) atoms. The topological polar surface area (TPSA) is 46.9 Å². The number of hydrogen-bond acceptors (Lipinski definition) is 3. The second-order valence-corrected chi connectivity index (χ2v) is 4.05. The van der Waals surface area contributed by atoms with Crippen LogP contribution >= 0.6 is 0 Å². The highest BCUT2D eigenvalue weighted by Gasteiger charge is 2.30. The zero-order valence-corrected chi connectivity index (χ0v) is 9.02. The molecule has 1 aliphatic carbocycles. The third-order valence-electron chi connectivity index (χ3n) is 2.81. The zero-order chi connectivity index (χ0) is 10.7. The smallest absolute Gasteiger partial charge is 0.266 e. The number of rotatable bonds is 5. The molecule has 1 aliphatic rings. The molecule has 1 aromatic heterocycles. The molecule has 4 heteroatoms. The molecule has 0 amide bonds. The Morgan fingerprint density at radius 2 is 2.47 bits per heavy atom. The standard InChI is InChI=1S/C11H17N3O/c1-2-12-10(9-5-6-9)8-14-11(15)4-3-7-13-14/h3-4,7,9-10,12H,2,5-6,8H2,1H3. The van der Waals surface area contributed by atoms with Crippen LogP contribution in [-0.4, -0.2) is 22.4 Å². The van der Waals surface area contributed by atoms with Gasteiger partial charge in [-0.25, -0.2) is 4.68 Å². The van der Waals surface area contributed by atoms with Crippen molar-refractivity contribution in [1.82, 2.24) is 15.1 Å². The van der Waals surface area contributed by atoms with Crippen molar-refractivity contribution in [3.63, 3.8) is 0 Å². The Labute approximate surface area is 89.3 Å². The van der Waals surface area contributed by atoms with E-state index in [2.05, 4.69) is 17.3 Å². The van der Waals surface area contributed by atoms with E-state index < -0.39 is 0 Å². The Hall–Kier alpha value is -1.16. The fraction of sp³-hybridized carbons (Fsp3) is 0.636. The molecule has 1 fully saturated rings. The van der Waals surface area contributed by atoms with Crippen LogP contribution in [0, 0.1) is 5.92 Å². The highest BCUT2D eigenvalue weighted by molar-refractivity contribution is 4.89. The molecular formula is C11H17N3O. The zero-order valence-electron chi connectivity index (χ0n) is 9.02. The average molecular weight is 207 g/mol. The van der Waals surface area contributed by atoms with E-state index in [1.54, 1.807) is 23.0 Å². The molecule has 1 saturated carbocycles. The summed E-state index contributed by atoms with van der Waals surface area (Å²) in [6.07, 6.45) is 4.22. The van der Waals surface area contributed by atoms with Crippen molar-refractivity contribution in [2.75, 3.05) is 6.54 Å². The van der Waals surface area contributed by atoms with Crippen LogP contribution in [0.3, 0.4) is 0 Å². The number of nitrogens with zero attached hydrogens (tertiary/aromatic N) is 2. The number of nitrogens with one attached hydrogen (secondary N) is 1. The first kappa shape index (κ1) is 10.4. The third kappa shape index (κ3) is 2.65. The monoisotopic (exact) mass is 207 g/mol. The Morgan fingerprint density at radius 1 is 1.67 bits per heavy atom. The van der Waals surface area contributed by atoms with Crippen molar-refractivity contribution in [2.45, 2.75) is 32.4 Å². The van der Waals surface area contributed by atoms with Crippen LogP contribution in [0.5, 0.6) is 0 Å². The molecule has 1 atom stereocenters. The molecule has 1 unspecified atom stereocenters. The highest BCUT2D eigenvalue weighted by Crippen LogP contribution is 2.32. The van der Waals surface area contributed by atoms with Gasteiger partial charge in [0.2, 0.25) is 0 Å². The van der Waals surface area contributed by atoms with E-state index in [1.165, 1.54) is 12.8 Å². The lowest BCUT2D eigenvalue weighted by Crippen LogP contribution is -2.38. The van der Waals surface area contributed by atoms with E-state index in [4.69, 9.17) is 0 Å². The Bertz CT molecular complexity index is 370. The molecule has 82 valence electrons. The van der Waals surface area contributed by atoms with Gasteiger partial charge in [0.15, 0.2) is 0 Å². The molecule has 2 rings (SSSR count). The summed E-state index contributed by atoms with van der Waals surface area (Å²) in [6, 6.07) is 3.64. The summed E-state index contributed by atoms with van der Waals surface area (Å²) in [4.78, 5) is 11.5. The number of likely N-dealkylation sites (N-methyl/N-ethyl adjacent to an activating group) is 1. The molecular weight excluding hydrogens is 190 g/mol. The first-order chi connectivity index (χ1) is 7.31. The average Bonchev–Trinajstić information content (AvgIpc) is 3.04. The molecule has 1 aromatic rings. The molecule has 0 bridgehead atoms. The Balaban J connectivity index is 2.05. The van der Waals surface area contributed by atoms with Crippen LogP contribution in [0.2, 0.25) is 0 Å². The van der Waals surface area contributed by atoms with Crippen molar-refractivity contribution < 1.29 is 0 Å². The van der Waals surface area contributed by atoms with E-state index in [9.17, 15) is 4.79 Å². The predicted octanol–water partition coefficient (Wildman–Crippen LogP) is 0.631. The van der Waals surface area contributed by atoms with Gasteiger partial charge in [0.1, 0.15) is 0 Å². The molecule has 4 nitrogen and oxygen atoms in total. The quantitative estimate of drug-likeness (QED) is 0.770. The summed E-state index contributed by atoms with van der Waals surface area (Å²) < 4.78 is 1.55. The van der Waals surface area contributed by atoms with Gasteiger partial charge in [-0.3, -0.25) is 4.79 Å². The molecule has 0 radical (unpaired) electrons. The van der Waals surface area contributed by atoms with Gasteiger partial charge in [-0.15, -0.1) is 0 Å². The summed E-state index contributed by atoms with van der Waals surface area (Å²) in [5, 5.41) is 7.50. The lowest BCUT2D eigenvalue weighted by molar-refractivity contribution is 0.387.